The summed E-state index contributed by atoms with van der Waals surface area (Å²) in [5, 5.41) is 5.77. The third-order valence-electron chi connectivity index (χ3n) is 5.38. The summed E-state index contributed by atoms with van der Waals surface area (Å²) in [5.74, 6) is 1.49. The largest absolute Gasteiger partial charge is 0.495 e. The molecular formula is C23H29N3O6. The Morgan fingerprint density at radius 2 is 1.69 bits per heavy atom. The van der Waals surface area contributed by atoms with Crippen molar-refractivity contribution >= 4 is 17.6 Å². The zero-order chi connectivity index (χ0) is 23.1. The molecule has 1 atom stereocenters. The summed E-state index contributed by atoms with van der Waals surface area (Å²) >= 11 is 0. The van der Waals surface area contributed by atoms with Crippen LogP contribution in [-0.4, -0.2) is 65.0 Å². The number of amides is 3. The fourth-order valence-corrected chi connectivity index (χ4v) is 3.82. The van der Waals surface area contributed by atoms with Gasteiger partial charge in [0.05, 0.1) is 33.1 Å². The molecule has 3 rings (SSSR count). The lowest BCUT2D eigenvalue weighted by Crippen LogP contribution is -2.47. The van der Waals surface area contributed by atoms with E-state index in [2.05, 4.69) is 10.6 Å². The van der Waals surface area contributed by atoms with Crippen LogP contribution < -0.4 is 24.8 Å². The normalized spacial score (nSPS) is 14.9. The predicted molar refractivity (Wildman–Crippen MR) is 120 cm³/mol. The van der Waals surface area contributed by atoms with Gasteiger partial charge >= 0.3 is 6.03 Å². The summed E-state index contributed by atoms with van der Waals surface area (Å²) in [6.45, 7) is 0.636. The van der Waals surface area contributed by atoms with Crippen molar-refractivity contribution in [2.45, 2.75) is 12.5 Å². The number of carbonyl (C=O) groups excluding carboxylic acids is 2. The second-order valence-corrected chi connectivity index (χ2v) is 7.23. The van der Waals surface area contributed by atoms with E-state index < -0.39 is 6.04 Å². The second-order valence-electron chi connectivity index (χ2n) is 7.23. The Balaban J connectivity index is 1.92. The molecule has 1 aliphatic rings. The number of urea groups is 1. The van der Waals surface area contributed by atoms with Gasteiger partial charge in [-0.1, -0.05) is 12.1 Å². The first-order chi connectivity index (χ1) is 15.5. The Morgan fingerprint density at radius 3 is 2.38 bits per heavy atom. The highest BCUT2D eigenvalue weighted by Crippen LogP contribution is 2.38. The fraction of sp³-hybridized carbons (Fsp3) is 0.391. The van der Waals surface area contributed by atoms with E-state index in [0.29, 0.717) is 35.9 Å². The number of rotatable bonds is 8. The van der Waals surface area contributed by atoms with Crippen LogP contribution in [0.25, 0.3) is 0 Å². The number of fused-ring (bicyclic) bond motifs is 1. The van der Waals surface area contributed by atoms with Crippen LogP contribution in [0.3, 0.4) is 0 Å². The van der Waals surface area contributed by atoms with Gasteiger partial charge in [0.25, 0.3) is 0 Å². The van der Waals surface area contributed by atoms with Crippen LogP contribution in [0.15, 0.2) is 36.4 Å². The van der Waals surface area contributed by atoms with Crippen LogP contribution in [0.1, 0.15) is 17.2 Å². The van der Waals surface area contributed by atoms with Gasteiger partial charge < -0.3 is 34.5 Å². The first kappa shape index (κ1) is 23.2. The molecule has 0 aromatic heterocycles. The van der Waals surface area contributed by atoms with Gasteiger partial charge in [-0.3, -0.25) is 4.79 Å². The first-order valence-corrected chi connectivity index (χ1v) is 10.2. The third-order valence-corrected chi connectivity index (χ3v) is 5.38. The van der Waals surface area contributed by atoms with Gasteiger partial charge in [-0.05, 0) is 41.8 Å². The molecule has 2 aromatic carbocycles. The Kier molecular flexibility index (Phi) is 7.77. The summed E-state index contributed by atoms with van der Waals surface area (Å²) in [4.78, 5) is 27.0. The standard InChI is InChI=1S/C23H29N3O6/c1-29-14-22(27)24-13-18-16-12-21(32-4)20(31-3)11-15(16)9-10-26(18)23(28)25-17-7-5-6-8-19(17)30-2/h5-8,11-12,18H,9-10,13-14H2,1-4H3,(H,24,27)(H,25,28). The highest BCUT2D eigenvalue weighted by Gasteiger charge is 2.33. The minimum atomic E-state index is -0.408. The summed E-state index contributed by atoms with van der Waals surface area (Å²) in [5.41, 5.74) is 2.50. The van der Waals surface area contributed by atoms with Gasteiger partial charge in [0.1, 0.15) is 12.4 Å². The van der Waals surface area contributed by atoms with E-state index in [1.165, 1.54) is 7.11 Å². The average molecular weight is 444 g/mol. The smallest absolute Gasteiger partial charge is 0.322 e. The Bertz CT molecular complexity index is 965. The van der Waals surface area contributed by atoms with E-state index in [4.69, 9.17) is 18.9 Å². The van der Waals surface area contributed by atoms with Gasteiger partial charge in [-0.15, -0.1) is 0 Å². The highest BCUT2D eigenvalue weighted by atomic mass is 16.5. The minimum absolute atomic E-state index is 0.0566. The molecule has 3 amide bonds. The summed E-state index contributed by atoms with van der Waals surface area (Å²) in [6, 6.07) is 10.3. The number of para-hydroxylation sites is 2. The summed E-state index contributed by atoms with van der Waals surface area (Å²) in [7, 11) is 6.16. The lowest BCUT2D eigenvalue weighted by molar-refractivity contribution is -0.124. The van der Waals surface area contributed by atoms with Crippen LogP contribution in [0, 0.1) is 0 Å². The Labute approximate surface area is 187 Å². The van der Waals surface area contributed by atoms with Crippen molar-refractivity contribution < 1.29 is 28.5 Å². The number of benzene rings is 2. The maximum absolute atomic E-state index is 13.3. The van der Waals surface area contributed by atoms with Crippen molar-refractivity contribution in [3.8, 4) is 17.2 Å². The summed E-state index contributed by atoms with van der Waals surface area (Å²) < 4.78 is 21.1. The molecule has 0 fully saturated rings. The molecule has 32 heavy (non-hydrogen) atoms. The molecule has 2 N–H and O–H groups in total. The van der Waals surface area contributed by atoms with Crippen LogP contribution in [0.5, 0.6) is 17.2 Å². The SMILES string of the molecule is COCC(=O)NCC1c2cc(OC)c(OC)cc2CCN1C(=O)Nc1ccccc1OC. The lowest BCUT2D eigenvalue weighted by atomic mass is 9.91. The number of anilines is 1. The van der Waals surface area contributed by atoms with Gasteiger partial charge in [-0.25, -0.2) is 4.79 Å². The molecular weight excluding hydrogens is 414 g/mol. The van der Waals surface area contributed by atoms with Gasteiger partial charge in [-0.2, -0.15) is 0 Å². The molecule has 9 nitrogen and oxygen atoms in total. The molecule has 0 saturated carbocycles. The maximum atomic E-state index is 13.3. The van der Waals surface area contributed by atoms with E-state index in [9.17, 15) is 9.59 Å². The Hall–Kier alpha value is -3.46. The van der Waals surface area contributed by atoms with E-state index in [0.717, 1.165) is 11.1 Å². The highest BCUT2D eigenvalue weighted by molar-refractivity contribution is 5.91. The zero-order valence-corrected chi connectivity index (χ0v) is 18.8. The summed E-state index contributed by atoms with van der Waals surface area (Å²) in [6.07, 6.45) is 0.636. The van der Waals surface area contributed by atoms with Crippen molar-refractivity contribution in [3.05, 3.63) is 47.5 Å². The topological polar surface area (TPSA) is 98.4 Å². The van der Waals surface area contributed by atoms with Crippen molar-refractivity contribution in [2.75, 3.05) is 53.5 Å². The molecule has 2 aromatic rings. The molecule has 0 saturated heterocycles. The third kappa shape index (κ3) is 5.05. The van der Waals surface area contributed by atoms with Crippen LogP contribution in [-0.2, 0) is 16.0 Å². The van der Waals surface area contributed by atoms with E-state index in [1.807, 2.05) is 24.3 Å². The predicted octanol–water partition coefficient (Wildman–Crippen LogP) is 2.61. The van der Waals surface area contributed by atoms with Gasteiger partial charge in [0, 0.05) is 20.2 Å². The first-order valence-electron chi connectivity index (χ1n) is 10.2. The molecule has 0 bridgehead atoms. The van der Waals surface area contributed by atoms with Crippen LogP contribution in [0.2, 0.25) is 0 Å². The fourth-order valence-electron chi connectivity index (χ4n) is 3.82. The quantitative estimate of drug-likeness (QED) is 0.651. The number of hydrogen-bond acceptors (Lipinski definition) is 6. The van der Waals surface area contributed by atoms with E-state index in [1.54, 1.807) is 38.4 Å². The monoisotopic (exact) mass is 443 g/mol. The molecule has 1 heterocycles. The number of nitrogens with one attached hydrogen (secondary N) is 2. The molecule has 0 spiro atoms. The van der Waals surface area contributed by atoms with Gasteiger partial charge in [0.15, 0.2) is 11.5 Å². The van der Waals surface area contributed by atoms with Crippen LogP contribution in [0.4, 0.5) is 10.5 Å². The van der Waals surface area contributed by atoms with E-state index in [-0.39, 0.29) is 25.1 Å². The molecule has 172 valence electrons. The van der Waals surface area contributed by atoms with Crippen LogP contribution >= 0.6 is 0 Å². The van der Waals surface area contributed by atoms with Crippen molar-refractivity contribution in [2.24, 2.45) is 0 Å². The maximum Gasteiger partial charge on any atom is 0.322 e. The lowest BCUT2D eigenvalue weighted by Gasteiger charge is -2.38. The molecule has 1 aliphatic heterocycles. The number of nitrogens with zero attached hydrogens (tertiary/aromatic N) is 1. The van der Waals surface area contributed by atoms with Crippen molar-refractivity contribution in [1.29, 1.82) is 0 Å². The molecule has 9 heteroatoms. The molecule has 0 radical (unpaired) electrons. The number of hydrogen-bond donors (Lipinski definition) is 2. The van der Waals surface area contributed by atoms with Crippen molar-refractivity contribution in [3.63, 3.8) is 0 Å². The second kappa shape index (κ2) is 10.7. The molecule has 0 aliphatic carbocycles. The molecule has 1 unspecified atom stereocenters. The van der Waals surface area contributed by atoms with Gasteiger partial charge in [0.2, 0.25) is 5.91 Å². The zero-order valence-electron chi connectivity index (χ0n) is 18.8. The number of ether oxygens (including phenoxy) is 4. The average Bonchev–Trinajstić information content (AvgIpc) is 2.81. The van der Waals surface area contributed by atoms with Crippen molar-refractivity contribution in [1.82, 2.24) is 10.2 Å². The number of carbonyl (C=O) groups is 2. The Morgan fingerprint density at radius 1 is 1.00 bits per heavy atom. The minimum Gasteiger partial charge on any atom is -0.495 e. The van der Waals surface area contributed by atoms with E-state index >= 15 is 0 Å². The number of methoxy groups -OCH3 is 4.